The molecular weight excluding hydrogens is 262 g/mol. The molecule has 106 valence electrons. The highest BCUT2D eigenvalue weighted by Gasteiger charge is 2.29. The molecule has 0 saturated heterocycles. The number of ether oxygens (including phenoxy) is 2. The van der Waals surface area contributed by atoms with Crippen molar-refractivity contribution in [3.8, 4) is 5.75 Å². The molecule has 0 aliphatic heterocycles. The normalized spacial score (nSPS) is 13.7. The smallest absolute Gasteiger partial charge is 0.326 e. The zero-order valence-electron chi connectivity index (χ0n) is 11.6. The van der Waals surface area contributed by atoms with E-state index in [2.05, 4.69) is 0 Å². The number of carbonyl (C=O) groups is 1. The molecule has 0 aliphatic carbocycles. The molecule has 1 aromatic rings. The summed E-state index contributed by atoms with van der Waals surface area (Å²) in [5, 5.41) is 0. The van der Waals surface area contributed by atoms with Crippen LogP contribution < -0.4 is 10.5 Å². The van der Waals surface area contributed by atoms with Crippen molar-refractivity contribution in [1.29, 1.82) is 0 Å². The molecule has 0 spiro atoms. The van der Waals surface area contributed by atoms with Crippen LogP contribution in [0.5, 0.6) is 5.75 Å². The van der Waals surface area contributed by atoms with Crippen molar-refractivity contribution >= 4 is 17.7 Å². The lowest BCUT2D eigenvalue weighted by molar-refractivity contribution is -0.148. The van der Waals surface area contributed by atoms with Gasteiger partial charge in [-0.15, -0.1) is 0 Å². The topological polar surface area (TPSA) is 61.5 Å². The molecular formula is C14H21NO3S. The van der Waals surface area contributed by atoms with E-state index in [4.69, 9.17) is 15.2 Å². The number of hydrogen-bond donors (Lipinski definition) is 1. The maximum absolute atomic E-state index is 11.6. The summed E-state index contributed by atoms with van der Waals surface area (Å²) in [5.41, 5.74) is 6.18. The second kappa shape index (κ2) is 7.40. The highest BCUT2D eigenvalue weighted by Crippen LogP contribution is 2.19. The van der Waals surface area contributed by atoms with E-state index in [1.165, 1.54) is 5.56 Å². The van der Waals surface area contributed by atoms with Gasteiger partial charge in [0, 0.05) is 11.5 Å². The number of carbonyl (C=O) groups excluding carboxylic acids is 1. The first kappa shape index (κ1) is 15.9. The van der Waals surface area contributed by atoms with E-state index in [9.17, 15) is 4.79 Å². The van der Waals surface area contributed by atoms with Crippen LogP contribution in [0, 0.1) is 0 Å². The average Bonchev–Trinajstić information content (AvgIpc) is 2.39. The Hall–Kier alpha value is -1.20. The molecule has 0 bridgehead atoms. The van der Waals surface area contributed by atoms with E-state index in [0.717, 1.165) is 11.5 Å². The Balaban J connectivity index is 2.42. The van der Waals surface area contributed by atoms with Gasteiger partial charge >= 0.3 is 5.97 Å². The summed E-state index contributed by atoms with van der Waals surface area (Å²) in [6.07, 6.45) is 0. The van der Waals surface area contributed by atoms with Crippen molar-refractivity contribution in [1.82, 2.24) is 0 Å². The monoisotopic (exact) mass is 283 g/mol. The molecule has 0 amide bonds. The number of nitrogens with two attached hydrogens (primary N) is 1. The van der Waals surface area contributed by atoms with Gasteiger partial charge in [-0.2, -0.15) is 11.8 Å². The van der Waals surface area contributed by atoms with Crippen LogP contribution in [0.15, 0.2) is 24.3 Å². The molecule has 0 fully saturated rings. The molecule has 0 unspecified atom stereocenters. The highest BCUT2D eigenvalue weighted by atomic mass is 32.2. The predicted octanol–water partition coefficient (Wildman–Crippen LogP) is 2.21. The zero-order chi connectivity index (χ0) is 14.3. The molecule has 0 aliphatic rings. The van der Waals surface area contributed by atoms with Gasteiger partial charge in [0.25, 0.3) is 0 Å². The van der Waals surface area contributed by atoms with Crippen molar-refractivity contribution in [3.63, 3.8) is 0 Å². The Morgan fingerprint density at radius 2 is 2.00 bits per heavy atom. The van der Waals surface area contributed by atoms with Gasteiger partial charge in [0.1, 0.15) is 11.3 Å². The lowest BCUT2D eigenvalue weighted by Crippen LogP contribution is -2.48. The van der Waals surface area contributed by atoms with E-state index in [-0.39, 0.29) is 5.97 Å². The van der Waals surface area contributed by atoms with Gasteiger partial charge in [-0.25, -0.2) is 0 Å². The second-order valence-electron chi connectivity index (χ2n) is 4.48. The van der Waals surface area contributed by atoms with Gasteiger partial charge in [0.2, 0.25) is 0 Å². The standard InChI is InChI=1S/C14H21NO3S/c1-4-18-13(16)14(2,15)10-19-9-11-5-7-12(17-3)8-6-11/h5-8H,4,9-10,15H2,1-3H3/t14-/m0/s1. The van der Waals surface area contributed by atoms with Crippen molar-refractivity contribution < 1.29 is 14.3 Å². The highest BCUT2D eigenvalue weighted by molar-refractivity contribution is 7.98. The minimum Gasteiger partial charge on any atom is -0.497 e. The molecule has 5 heteroatoms. The molecule has 19 heavy (non-hydrogen) atoms. The van der Waals surface area contributed by atoms with E-state index in [0.29, 0.717) is 12.4 Å². The number of benzene rings is 1. The first-order valence-electron chi connectivity index (χ1n) is 6.16. The van der Waals surface area contributed by atoms with Crippen LogP contribution in [0.2, 0.25) is 0 Å². The van der Waals surface area contributed by atoms with E-state index < -0.39 is 5.54 Å². The van der Waals surface area contributed by atoms with Gasteiger partial charge in [-0.3, -0.25) is 4.79 Å². The fourth-order valence-electron chi connectivity index (χ4n) is 1.46. The van der Waals surface area contributed by atoms with Gasteiger partial charge in [0.15, 0.2) is 0 Å². The minimum absolute atomic E-state index is 0.350. The quantitative estimate of drug-likeness (QED) is 0.777. The largest absolute Gasteiger partial charge is 0.497 e. The minimum atomic E-state index is -0.937. The van der Waals surface area contributed by atoms with Crippen molar-refractivity contribution in [2.75, 3.05) is 19.5 Å². The van der Waals surface area contributed by atoms with Crippen molar-refractivity contribution in [2.45, 2.75) is 25.1 Å². The van der Waals surface area contributed by atoms with E-state index in [1.807, 2.05) is 24.3 Å². The van der Waals surface area contributed by atoms with Gasteiger partial charge in [0.05, 0.1) is 13.7 Å². The summed E-state index contributed by atoms with van der Waals surface area (Å²) in [6, 6.07) is 7.85. The summed E-state index contributed by atoms with van der Waals surface area (Å²) in [7, 11) is 1.64. The third kappa shape index (κ3) is 5.12. The van der Waals surface area contributed by atoms with Gasteiger partial charge in [-0.1, -0.05) is 12.1 Å². The number of hydrogen-bond acceptors (Lipinski definition) is 5. The average molecular weight is 283 g/mol. The zero-order valence-corrected chi connectivity index (χ0v) is 12.5. The lowest BCUT2D eigenvalue weighted by Gasteiger charge is -2.21. The van der Waals surface area contributed by atoms with E-state index in [1.54, 1.807) is 32.7 Å². The Morgan fingerprint density at radius 1 is 1.37 bits per heavy atom. The summed E-state index contributed by atoms with van der Waals surface area (Å²) in [6.45, 7) is 3.83. The molecule has 1 aromatic carbocycles. The maximum atomic E-state index is 11.6. The maximum Gasteiger partial charge on any atom is 0.326 e. The second-order valence-corrected chi connectivity index (χ2v) is 5.46. The third-order valence-electron chi connectivity index (χ3n) is 2.57. The van der Waals surface area contributed by atoms with Crippen LogP contribution in [0.1, 0.15) is 19.4 Å². The van der Waals surface area contributed by atoms with Crippen LogP contribution in [0.3, 0.4) is 0 Å². The predicted molar refractivity (Wildman–Crippen MR) is 78.4 cm³/mol. The number of rotatable bonds is 7. The van der Waals surface area contributed by atoms with Crippen LogP contribution in [0.4, 0.5) is 0 Å². The van der Waals surface area contributed by atoms with Crippen molar-refractivity contribution in [3.05, 3.63) is 29.8 Å². The Kier molecular flexibility index (Phi) is 6.18. The lowest BCUT2D eigenvalue weighted by atomic mass is 10.1. The molecule has 0 aromatic heterocycles. The molecule has 0 saturated carbocycles. The molecule has 4 nitrogen and oxygen atoms in total. The SMILES string of the molecule is CCOC(=O)[C@@](C)(N)CSCc1ccc(OC)cc1. The Labute approximate surface area is 118 Å². The summed E-state index contributed by atoms with van der Waals surface area (Å²) in [4.78, 5) is 11.6. The molecule has 1 rings (SSSR count). The summed E-state index contributed by atoms with van der Waals surface area (Å²) < 4.78 is 10.0. The number of methoxy groups -OCH3 is 1. The van der Waals surface area contributed by atoms with Crippen LogP contribution in [-0.4, -0.2) is 31.0 Å². The summed E-state index contributed by atoms with van der Waals surface area (Å²) in [5.74, 6) is 1.81. The summed E-state index contributed by atoms with van der Waals surface area (Å²) >= 11 is 1.61. The fourth-order valence-corrected chi connectivity index (χ4v) is 2.53. The number of thioether (sulfide) groups is 1. The number of esters is 1. The van der Waals surface area contributed by atoms with E-state index >= 15 is 0 Å². The fraction of sp³-hybridized carbons (Fsp3) is 0.500. The Bertz CT molecular complexity index is 404. The third-order valence-corrected chi connectivity index (χ3v) is 3.91. The van der Waals surface area contributed by atoms with Crippen LogP contribution in [-0.2, 0) is 15.3 Å². The molecule has 2 N–H and O–H groups in total. The Morgan fingerprint density at radius 3 is 2.53 bits per heavy atom. The molecule has 0 heterocycles. The first-order valence-corrected chi connectivity index (χ1v) is 7.32. The first-order chi connectivity index (χ1) is 8.99. The van der Waals surface area contributed by atoms with Gasteiger partial charge < -0.3 is 15.2 Å². The molecule has 0 radical (unpaired) electrons. The van der Waals surface area contributed by atoms with Crippen LogP contribution >= 0.6 is 11.8 Å². The van der Waals surface area contributed by atoms with Crippen LogP contribution in [0.25, 0.3) is 0 Å². The van der Waals surface area contributed by atoms with Gasteiger partial charge in [-0.05, 0) is 31.5 Å². The molecule has 1 atom stereocenters. The van der Waals surface area contributed by atoms with Crippen molar-refractivity contribution in [2.24, 2.45) is 5.73 Å².